The molecule has 0 N–H and O–H groups in total. The fourth-order valence-electron chi connectivity index (χ4n) is 2.54. The standard InChI is InChI=1S/C21H18ClNO6/c1-12-4-6-14(7-5-12)20-23-16(21(25)29-20)9-13-8-15(22)19(17(10-13)26-2)28-11-18(24)27-3/h4-10H,11H2,1-3H3/b16-9-. The molecule has 0 atom stereocenters. The average molecular weight is 416 g/mol. The van der Waals surface area contributed by atoms with E-state index in [0.29, 0.717) is 16.9 Å². The van der Waals surface area contributed by atoms with E-state index in [4.69, 9.17) is 25.8 Å². The zero-order valence-electron chi connectivity index (χ0n) is 16.0. The van der Waals surface area contributed by atoms with Crippen LogP contribution in [0.4, 0.5) is 0 Å². The van der Waals surface area contributed by atoms with Crippen LogP contribution in [0.25, 0.3) is 6.08 Å². The Balaban J connectivity index is 1.89. The van der Waals surface area contributed by atoms with Crippen LogP contribution >= 0.6 is 11.6 Å². The van der Waals surface area contributed by atoms with Crippen molar-refractivity contribution in [3.05, 3.63) is 63.8 Å². The molecule has 2 aromatic rings. The Morgan fingerprint density at radius 3 is 2.59 bits per heavy atom. The van der Waals surface area contributed by atoms with Gasteiger partial charge in [0.15, 0.2) is 23.8 Å². The summed E-state index contributed by atoms with van der Waals surface area (Å²) in [5.41, 5.74) is 2.47. The van der Waals surface area contributed by atoms with E-state index in [1.54, 1.807) is 12.1 Å². The number of halogens is 1. The summed E-state index contributed by atoms with van der Waals surface area (Å²) < 4.78 is 20.5. The molecule has 150 valence electrons. The summed E-state index contributed by atoms with van der Waals surface area (Å²) in [5, 5.41) is 0.203. The number of hydrogen-bond acceptors (Lipinski definition) is 7. The molecule has 0 amide bonds. The average Bonchev–Trinajstić information content (AvgIpc) is 3.07. The molecule has 0 saturated carbocycles. The highest BCUT2D eigenvalue weighted by atomic mass is 35.5. The number of esters is 2. The van der Waals surface area contributed by atoms with Crippen molar-refractivity contribution in [2.75, 3.05) is 20.8 Å². The van der Waals surface area contributed by atoms with E-state index in [-0.39, 0.29) is 29.0 Å². The first-order chi connectivity index (χ1) is 13.9. The van der Waals surface area contributed by atoms with Gasteiger partial charge in [0.25, 0.3) is 0 Å². The van der Waals surface area contributed by atoms with Crippen molar-refractivity contribution < 1.29 is 28.5 Å². The Hall–Kier alpha value is -3.32. The van der Waals surface area contributed by atoms with Crippen LogP contribution in [0.5, 0.6) is 11.5 Å². The lowest BCUT2D eigenvalue weighted by atomic mass is 10.1. The highest BCUT2D eigenvalue weighted by molar-refractivity contribution is 6.32. The van der Waals surface area contributed by atoms with Crippen LogP contribution in [0.2, 0.25) is 5.02 Å². The Morgan fingerprint density at radius 2 is 1.93 bits per heavy atom. The Morgan fingerprint density at radius 1 is 1.21 bits per heavy atom. The van der Waals surface area contributed by atoms with E-state index in [1.165, 1.54) is 20.3 Å². The number of nitrogens with zero attached hydrogens (tertiary/aromatic N) is 1. The molecule has 3 rings (SSSR count). The molecule has 0 aliphatic carbocycles. The van der Waals surface area contributed by atoms with Crippen LogP contribution < -0.4 is 9.47 Å². The molecule has 0 spiro atoms. The van der Waals surface area contributed by atoms with Gasteiger partial charge in [0.1, 0.15) is 0 Å². The van der Waals surface area contributed by atoms with E-state index in [0.717, 1.165) is 5.56 Å². The molecular weight excluding hydrogens is 398 g/mol. The summed E-state index contributed by atoms with van der Waals surface area (Å²) in [6, 6.07) is 10.7. The van der Waals surface area contributed by atoms with Crippen molar-refractivity contribution >= 4 is 35.5 Å². The first-order valence-electron chi connectivity index (χ1n) is 8.58. The molecule has 29 heavy (non-hydrogen) atoms. The number of rotatable bonds is 6. The second-order valence-electron chi connectivity index (χ2n) is 6.10. The van der Waals surface area contributed by atoms with E-state index in [1.807, 2.05) is 31.2 Å². The highest BCUT2D eigenvalue weighted by Gasteiger charge is 2.24. The third-order valence-electron chi connectivity index (χ3n) is 4.04. The van der Waals surface area contributed by atoms with Gasteiger partial charge in [-0.2, -0.15) is 0 Å². The largest absolute Gasteiger partial charge is 0.493 e. The molecule has 8 heteroatoms. The van der Waals surface area contributed by atoms with Crippen LogP contribution in [0, 0.1) is 6.92 Å². The van der Waals surface area contributed by atoms with Crippen molar-refractivity contribution in [3.63, 3.8) is 0 Å². The molecule has 0 saturated heterocycles. The maximum Gasteiger partial charge on any atom is 0.363 e. The monoisotopic (exact) mass is 415 g/mol. The first-order valence-corrected chi connectivity index (χ1v) is 8.96. The minimum absolute atomic E-state index is 0.127. The summed E-state index contributed by atoms with van der Waals surface area (Å²) in [6.45, 7) is 1.65. The number of carbonyl (C=O) groups is 2. The van der Waals surface area contributed by atoms with E-state index < -0.39 is 11.9 Å². The van der Waals surface area contributed by atoms with Crippen molar-refractivity contribution in [1.82, 2.24) is 0 Å². The van der Waals surface area contributed by atoms with Gasteiger partial charge in [0.2, 0.25) is 5.90 Å². The van der Waals surface area contributed by atoms with Gasteiger partial charge in [-0.15, -0.1) is 0 Å². The van der Waals surface area contributed by atoms with Crippen molar-refractivity contribution in [3.8, 4) is 11.5 Å². The molecule has 0 aromatic heterocycles. The topological polar surface area (TPSA) is 83.4 Å². The number of benzene rings is 2. The lowest BCUT2D eigenvalue weighted by molar-refractivity contribution is -0.143. The van der Waals surface area contributed by atoms with Crippen molar-refractivity contribution in [1.29, 1.82) is 0 Å². The second kappa shape index (κ2) is 8.79. The normalized spacial score (nSPS) is 14.4. The molecule has 0 bridgehead atoms. The fraction of sp³-hybridized carbons (Fsp3) is 0.190. The Bertz CT molecular complexity index is 1010. The number of aliphatic imine (C=N–C) groups is 1. The molecule has 0 fully saturated rings. The number of aryl methyl sites for hydroxylation is 1. The predicted octanol–water partition coefficient (Wildman–Crippen LogP) is 3.55. The van der Waals surface area contributed by atoms with Crippen LogP contribution in [0.3, 0.4) is 0 Å². The van der Waals surface area contributed by atoms with Gasteiger partial charge in [0.05, 0.1) is 19.2 Å². The van der Waals surface area contributed by atoms with Gasteiger partial charge in [-0.05, 0) is 42.8 Å². The van der Waals surface area contributed by atoms with E-state index >= 15 is 0 Å². The molecule has 1 heterocycles. The molecule has 1 aliphatic rings. The van der Waals surface area contributed by atoms with Crippen molar-refractivity contribution in [2.45, 2.75) is 6.92 Å². The fourth-order valence-corrected chi connectivity index (χ4v) is 2.81. The van der Waals surface area contributed by atoms with Gasteiger partial charge >= 0.3 is 11.9 Å². The summed E-state index contributed by atoms with van der Waals surface area (Å²) >= 11 is 6.26. The minimum Gasteiger partial charge on any atom is -0.493 e. The number of carbonyl (C=O) groups excluding carboxylic acids is 2. The first kappa shape index (κ1) is 20.4. The van der Waals surface area contributed by atoms with Gasteiger partial charge in [-0.3, -0.25) is 0 Å². The Labute approximate surface area is 172 Å². The zero-order valence-corrected chi connectivity index (χ0v) is 16.8. The SMILES string of the molecule is COC(=O)COc1c(Cl)cc(/C=C2\N=C(c3ccc(C)cc3)OC2=O)cc1OC. The molecular formula is C21H18ClNO6. The predicted molar refractivity (Wildman–Crippen MR) is 107 cm³/mol. The molecule has 0 radical (unpaired) electrons. The lowest BCUT2D eigenvalue weighted by Crippen LogP contribution is -2.13. The van der Waals surface area contributed by atoms with Gasteiger partial charge in [-0.1, -0.05) is 29.3 Å². The Kier molecular flexibility index (Phi) is 6.19. The summed E-state index contributed by atoms with van der Waals surface area (Å²) in [7, 11) is 2.69. The number of ether oxygens (including phenoxy) is 4. The van der Waals surface area contributed by atoms with Crippen LogP contribution in [0.15, 0.2) is 47.1 Å². The number of methoxy groups -OCH3 is 2. The maximum atomic E-state index is 12.2. The smallest absolute Gasteiger partial charge is 0.363 e. The summed E-state index contributed by atoms with van der Waals surface area (Å²) in [5.74, 6) is -0.401. The number of hydrogen-bond donors (Lipinski definition) is 0. The maximum absolute atomic E-state index is 12.2. The van der Waals surface area contributed by atoms with Crippen LogP contribution in [-0.2, 0) is 19.1 Å². The van der Waals surface area contributed by atoms with Crippen LogP contribution in [-0.4, -0.2) is 38.7 Å². The zero-order chi connectivity index (χ0) is 21.0. The van der Waals surface area contributed by atoms with E-state index in [2.05, 4.69) is 9.73 Å². The van der Waals surface area contributed by atoms with Gasteiger partial charge in [0, 0.05) is 5.56 Å². The van der Waals surface area contributed by atoms with Gasteiger partial charge in [-0.25, -0.2) is 14.6 Å². The van der Waals surface area contributed by atoms with E-state index in [9.17, 15) is 9.59 Å². The van der Waals surface area contributed by atoms with Gasteiger partial charge < -0.3 is 18.9 Å². The summed E-state index contributed by atoms with van der Waals surface area (Å²) in [6.07, 6.45) is 1.53. The molecule has 2 aromatic carbocycles. The minimum atomic E-state index is -0.568. The van der Waals surface area contributed by atoms with Crippen LogP contribution in [0.1, 0.15) is 16.7 Å². The summed E-state index contributed by atoms with van der Waals surface area (Å²) in [4.78, 5) is 27.8. The van der Waals surface area contributed by atoms with Crippen molar-refractivity contribution in [2.24, 2.45) is 4.99 Å². The quantitative estimate of drug-likeness (QED) is 0.530. The molecule has 0 unspecified atom stereocenters. The lowest BCUT2D eigenvalue weighted by Gasteiger charge is -2.12. The molecule has 7 nitrogen and oxygen atoms in total. The number of cyclic esters (lactones) is 1. The second-order valence-corrected chi connectivity index (χ2v) is 6.51. The highest BCUT2D eigenvalue weighted by Crippen LogP contribution is 2.37. The third kappa shape index (κ3) is 4.75. The third-order valence-corrected chi connectivity index (χ3v) is 4.32. The molecule has 1 aliphatic heterocycles.